The van der Waals surface area contributed by atoms with E-state index in [1.54, 1.807) is 52.8 Å². The molecule has 40 heavy (non-hydrogen) atoms. The fourth-order valence-corrected chi connectivity index (χ4v) is 4.63. The normalized spacial score (nSPS) is 17.5. The van der Waals surface area contributed by atoms with Crippen LogP contribution in [-0.4, -0.2) is 104 Å². The number of fused-ring (bicyclic) bond motifs is 2. The molecule has 1 aliphatic heterocycles. The van der Waals surface area contributed by atoms with Gasteiger partial charge in [-0.3, -0.25) is 38.9 Å². The van der Waals surface area contributed by atoms with E-state index in [-0.39, 0.29) is 57.6 Å². The fourth-order valence-electron chi connectivity index (χ4n) is 4.63. The van der Waals surface area contributed by atoms with Gasteiger partial charge in [0.25, 0.3) is 0 Å². The van der Waals surface area contributed by atoms with Gasteiger partial charge in [-0.15, -0.1) is 0 Å². The number of hydrogen-bond donors (Lipinski definition) is 4. The van der Waals surface area contributed by atoms with Gasteiger partial charge in [0.05, 0.1) is 31.0 Å². The molecule has 3 rings (SSSR count). The predicted molar refractivity (Wildman–Crippen MR) is 147 cm³/mol. The first-order valence-electron chi connectivity index (χ1n) is 13.2. The van der Waals surface area contributed by atoms with Crippen LogP contribution in [0.5, 0.6) is 0 Å². The van der Waals surface area contributed by atoms with Crippen molar-refractivity contribution in [2.75, 3.05) is 44.6 Å². The lowest BCUT2D eigenvalue weighted by Crippen LogP contribution is -2.50. The number of carboxylic acid groups (broad SMARTS) is 3. The van der Waals surface area contributed by atoms with Crippen LogP contribution < -0.4 is 5.32 Å². The van der Waals surface area contributed by atoms with Gasteiger partial charge < -0.3 is 20.6 Å². The third kappa shape index (κ3) is 10.0. The average Bonchev–Trinajstić information content (AvgIpc) is 2.86. The molecule has 1 aromatic heterocycles. The van der Waals surface area contributed by atoms with E-state index in [9.17, 15) is 34.5 Å². The molecule has 1 unspecified atom stereocenters. The highest BCUT2D eigenvalue weighted by atomic mass is 16.4. The number of aromatic nitrogens is 1. The Morgan fingerprint density at radius 1 is 0.850 bits per heavy atom. The molecule has 1 atom stereocenters. The van der Waals surface area contributed by atoms with E-state index in [2.05, 4.69) is 10.3 Å². The maximum atomic E-state index is 12.1. The van der Waals surface area contributed by atoms with Crippen LogP contribution >= 0.6 is 0 Å². The zero-order chi connectivity index (χ0) is 29.2. The summed E-state index contributed by atoms with van der Waals surface area (Å²) in [6, 6.07) is 12.3. The van der Waals surface area contributed by atoms with Crippen molar-refractivity contribution in [3.05, 3.63) is 59.4 Å². The highest BCUT2D eigenvalue weighted by molar-refractivity contribution is 5.92. The lowest BCUT2D eigenvalue weighted by Gasteiger charge is -2.36. The third-order valence-electron chi connectivity index (χ3n) is 6.61. The van der Waals surface area contributed by atoms with Gasteiger partial charge in [0.1, 0.15) is 0 Å². The highest BCUT2D eigenvalue weighted by Gasteiger charge is 2.27. The Hall–Kier alpha value is -3.87. The van der Waals surface area contributed by atoms with E-state index < -0.39 is 23.9 Å². The molecule has 2 bridgehead atoms. The number of hydrogen-bond acceptors (Lipinski definition) is 8. The second-order valence-electron chi connectivity index (χ2n) is 10.4. The van der Waals surface area contributed by atoms with Crippen LogP contribution in [0.2, 0.25) is 0 Å². The minimum atomic E-state index is -1.03. The molecule has 0 saturated carbocycles. The van der Waals surface area contributed by atoms with Gasteiger partial charge in [0, 0.05) is 50.4 Å². The Bertz CT molecular complexity index is 1190. The average molecular weight is 556 g/mol. The summed E-state index contributed by atoms with van der Waals surface area (Å²) in [6.07, 6.45) is 0.417. The van der Waals surface area contributed by atoms with Crippen molar-refractivity contribution in [2.24, 2.45) is 5.92 Å². The quantitative estimate of drug-likeness (QED) is 0.336. The Balaban J connectivity index is 1.95. The van der Waals surface area contributed by atoms with Gasteiger partial charge in [0.15, 0.2) is 0 Å². The van der Waals surface area contributed by atoms with Crippen molar-refractivity contribution >= 4 is 29.5 Å². The Morgan fingerprint density at radius 3 is 2.02 bits per heavy atom. The monoisotopic (exact) mass is 555 g/mol. The summed E-state index contributed by atoms with van der Waals surface area (Å²) in [5.74, 6) is -3.31. The van der Waals surface area contributed by atoms with Gasteiger partial charge in [-0.1, -0.05) is 32.0 Å². The number of pyridine rings is 1. The lowest BCUT2D eigenvalue weighted by atomic mass is 10.0. The number of aliphatic carboxylic acids is 3. The van der Waals surface area contributed by atoms with Crippen molar-refractivity contribution in [1.29, 1.82) is 0 Å². The summed E-state index contributed by atoms with van der Waals surface area (Å²) in [5.41, 5.74) is 2.82. The molecule has 216 valence electrons. The molecule has 0 saturated heterocycles. The molecule has 12 heteroatoms. The molecule has 2 heterocycles. The van der Waals surface area contributed by atoms with E-state index in [1.165, 1.54) is 0 Å². The zero-order valence-corrected chi connectivity index (χ0v) is 22.8. The molecule has 0 fully saturated rings. The Kier molecular flexibility index (Phi) is 11.1. The number of nitrogens with zero attached hydrogens (tertiary/aromatic N) is 4. The zero-order valence-electron chi connectivity index (χ0n) is 22.8. The number of carboxylic acids is 3. The van der Waals surface area contributed by atoms with Crippen LogP contribution in [0.1, 0.15) is 30.8 Å². The smallest absolute Gasteiger partial charge is 0.317 e. The van der Waals surface area contributed by atoms with E-state index in [0.717, 1.165) is 5.56 Å². The number of carbonyl (C=O) groups is 4. The van der Waals surface area contributed by atoms with Gasteiger partial charge >= 0.3 is 17.9 Å². The minimum absolute atomic E-state index is 0.101. The van der Waals surface area contributed by atoms with Crippen molar-refractivity contribution in [3.63, 3.8) is 0 Å². The number of anilines is 1. The summed E-state index contributed by atoms with van der Waals surface area (Å²) in [4.78, 5) is 57.1. The van der Waals surface area contributed by atoms with Crippen molar-refractivity contribution in [3.8, 4) is 0 Å². The van der Waals surface area contributed by atoms with E-state index in [4.69, 9.17) is 0 Å². The van der Waals surface area contributed by atoms with Crippen LogP contribution in [0.3, 0.4) is 0 Å². The van der Waals surface area contributed by atoms with Gasteiger partial charge in [-0.05, 0) is 36.2 Å². The molecule has 0 aliphatic carbocycles. The predicted octanol–water partition coefficient (Wildman–Crippen LogP) is 1.46. The summed E-state index contributed by atoms with van der Waals surface area (Å²) < 4.78 is 0. The number of amides is 1. The molecule has 0 radical (unpaired) electrons. The van der Waals surface area contributed by atoms with Gasteiger partial charge in [0.2, 0.25) is 5.91 Å². The van der Waals surface area contributed by atoms with Gasteiger partial charge in [-0.2, -0.15) is 0 Å². The SMILES string of the molecule is CC(C)C(=O)Nc1ccc(CC2CN(CC(=O)O)CCN(CC(=O)O)Cc3cccc(n3)CN2CC(=O)O)cc1. The highest BCUT2D eigenvalue weighted by Crippen LogP contribution is 2.18. The van der Waals surface area contributed by atoms with E-state index >= 15 is 0 Å². The molecule has 12 nitrogen and oxygen atoms in total. The van der Waals surface area contributed by atoms with Gasteiger partial charge in [-0.25, -0.2) is 0 Å². The molecule has 0 spiro atoms. The standard InChI is InChI=1S/C28H37N5O7/c1-19(2)28(40)30-21-8-6-20(7-9-21)12-24-15-32(17-26(36)37)11-10-31(16-25(34)35)13-22-4-3-5-23(29-22)14-33(24)18-27(38)39/h3-9,19,24H,10-18H2,1-2H3,(H,30,40)(H,34,35)(H,36,37)(H,38,39). The fraction of sp³-hybridized carbons (Fsp3) is 0.464. The maximum absolute atomic E-state index is 12.1. The topological polar surface area (TPSA) is 164 Å². The molecule has 2 aromatic rings. The van der Waals surface area contributed by atoms with Crippen LogP contribution in [0.15, 0.2) is 42.5 Å². The second kappa shape index (κ2) is 14.5. The largest absolute Gasteiger partial charge is 0.480 e. The third-order valence-corrected chi connectivity index (χ3v) is 6.61. The summed E-state index contributed by atoms with van der Waals surface area (Å²) in [5, 5.41) is 31.6. The van der Waals surface area contributed by atoms with Crippen LogP contribution in [0, 0.1) is 5.92 Å². The number of rotatable bonds is 10. The Labute approximate surface area is 233 Å². The van der Waals surface area contributed by atoms with Crippen LogP contribution in [0.25, 0.3) is 0 Å². The summed E-state index contributed by atoms with van der Waals surface area (Å²) in [6.45, 7) is 4.13. The molecule has 4 N–H and O–H groups in total. The van der Waals surface area contributed by atoms with Crippen LogP contribution in [-0.2, 0) is 38.7 Å². The first-order chi connectivity index (χ1) is 19.0. The number of benzene rings is 1. The van der Waals surface area contributed by atoms with Crippen molar-refractivity contribution in [2.45, 2.75) is 39.4 Å². The Morgan fingerprint density at radius 2 is 1.43 bits per heavy atom. The molecular formula is C28H37N5O7. The molecule has 1 amide bonds. The minimum Gasteiger partial charge on any atom is -0.480 e. The van der Waals surface area contributed by atoms with Crippen molar-refractivity contribution in [1.82, 2.24) is 19.7 Å². The molecule has 1 aromatic carbocycles. The summed E-state index contributed by atoms with van der Waals surface area (Å²) in [7, 11) is 0. The van der Waals surface area contributed by atoms with E-state index in [0.29, 0.717) is 30.0 Å². The number of nitrogens with one attached hydrogen (secondary N) is 1. The maximum Gasteiger partial charge on any atom is 0.317 e. The summed E-state index contributed by atoms with van der Waals surface area (Å²) >= 11 is 0. The van der Waals surface area contributed by atoms with Crippen molar-refractivity contribution < 1.29 is 34.5 Å². The lowest BCUT2D eigenvalue weighted by molar-refractivity contribution is -0.141. The van der Waals surface area contributed by atoms with Crippen LogP contribution in [0.4, 0.5) is 5.69 Å². The second-order valence-corrected chi connectivity index (χ2v) is 10.4. The first-order valence-corrected chi connectivity index (χ1v) is 13.2. The molecular weight excluding hydrogens is 518 g/mol. The number of carbonyl (C=O) groups excluding carboxylic acids is 1. The first kappa shape index (κ1) is 30.7. The van der Waals surface area contributed by atoms with E-state index in [1.807, 2.05) is 18.2 Å². The molecule has 1 aliphatic rings.